The highest BCUT2D eigenvalue weighted by Gasteiger charge is 2.18. The van der Waals surface area contributed by atoms with E-state index in [1.54, 1.807) is 36.4 Å². The third-order valence-electron chi connectivity index (χ3n) is 3.00. The van der Waals surface area contributed by atoms with Crippen LogP contribution in [0.2, 0.25) is 0 Å². The highest BCUT2D eigenvalue weighted by Crippen LogP contribution is 2.17. The molecule has 3 N–H and O–H groups in total. The predicted molar refractivity (Wildman–Crippen MR) is 91.1 cm³/mol. The van der Waals surface area contributed by atoms with Gasteiger partial charge in [-0.1, -0.05) is 15.9 Å². The summed E-state index contributed by atoms with van der Waals surface area (Å²) in [5.41, 5.74) is 4.15. The van der Waals surface area contributed by atoms with E-state index in [1.807, 2.05) is 5.43 Å². The fourth-order valence-corrected chi connectivity index (χ4v) is 1.97. The van der Waals surface area contributed by atoms with E-state index in [9.17, 15) is 14.4 Å². The molecule has 0 bridgehead atoms. The first-order valence-corrected chi connectivity index (χ1v) is 8.07. The van der Waals surface area contributed by atoms with E-state index in [-0.39, 0.29) is 6.54 Å². The molecule has 0 aliphatic carbocycles. The molecular weight excluding hydrogens is 394 g/mol. The Bertz CT molecular complexity index is 731. The van der Waals surface area contributed by atoms with Crippen LogP contribution in [0.1, 0.15) is 12.7 Å². The van der Waals surface area contributed by atoms with Crippen molar-refractivity contribution in [1.82, 2.24) is 16.2 Å². The third-order valence-corrected chi connectivity index (χ3v) is 3.53. The van der Waals surface area contributed by atoms with Gasteiger partial charge < -0.3 is 14.5 Å². The Balaban J connectivity index is 1.73. The van der Waals surface area contributed by atoms with Crippen LogP contribution >= 0.6 is 15.9 Å². The molecule has 0 aliphatic heterocycles. The minimum absolute atomic E-state index is 0.0658. The lowest BCUT2D eigenvalue weighted by Crippen LogP contribution is -2.51. The van der Waals surface area contributed by atoms with Gasteiger partial charge in [0.05, 0.1) is 12.8 Å². The topological polar surface area (TPSA) is 110 Å². The van der Waals surface area contributed by atoms with Crippen LogP contribution in [0.15, 0.2) is 51.6 Å². The molecular formula is C16H16BrN3O5. The van der Waals surface area contributed by atoms with Crippen molar-refractivity contribution in [3.63, 3.8) is 0 Å². The highest BCUT2D eigenvalue weighted by molar-refractivity contribution is 9.10. The number of hydrogen-bond donors (Lipinski definition) is 3. The van der Waals surface area contributed by atoms with Gasteiger partial charge in [-0.25, -0.2) is 0 Å². The quantitative estimate of drug-likeness (QED) is 0.508. The van der Waals surface area contributed by atoms with E-state index in [2.05, 4.69) is 26.7 Å². The Kier molecular flexibility index (Phi) is 6.58. The van der Waals surface area contributed by atoms with E-state index in [1.165, 1.54) is 13.2 Å². The molecule has 3 amide bonds. The first-order chi connectivity index (χ1) is 12.0. The zero-order valence-electron chi connectivity index (χ0n) is 13.2. The van der Waals surface area contributed by atoms with Crippen molar-refractivity contribution >= 4 is 33.7 Å². The number of rotatable bonds is 5. The van der Waals surface area contributed by atoms with Crippen molar-refractivity contribution in [2.24, 2.45) is 0 Å². The van der Waals surface area contributed by atoms with Crippen LogP contribution in [0.25, 0.3) is 0 Å². The number of carbonyl (C=O) groups excluding carboxylic acids is 3. The van der Waals surface area contributed by atoms with Crippen LogP contribution in [0, 0.1) is 0 Å². The third kappa shape index (κ3) is 5.96. The van der Waals surface area contributed by atoms with Crippen LogP contribution in [-0.2, 0) is 20.9 Å². The number of amides is 3. The number of halogens is 1. The van der Waals surface area contributed by atoms with Crippen LogP contribution in [0.3, 0.4) is 0 Å². The maximum atomic E-state index is 11.9. The standard InChI is InChI=1S/C16H16BrN3O5/c1-10(25-12-6-4-11(17)5-7-12)14(21)19-20-16(23)15(22)18-9-13-3-2-8-24-13/h2-8,10H,9H2,1H3,(H,18,22)(H,19,21)(H,20,23)/t10-/m1/s1. The Morgan fingerprint density at radius 3 is 2.48 bits per heavy atom. The molecule has 132 valence electrons. The molecule has 0 saturated carbocycles. The SMILES string of the molecule is C[C@@H](Oc1ccc(Br)cc1)C(=O)NNC(=O)C(=O)NCc1ccco1. The second-order valence-electron chi connectivity index (χ2n) is 4.92. The second kappa shape index (κ2) is 8.88. The van der Waals surface area contributed by atoms with Crippen LogP contribution < -0.4 is 20.9 Å². The van der Waals surface area contributed by atoms with Gasteiger partial charge in [0.2, 0.25) is 0 Å². The van der Waals surface area contributed by atoms with Crippen molar-refractivity contribution < 1.29 is 23.5 Å². The monoisotopic (exact) mass is 409 g/mol. The van der Waals surface area contributed by atoms with E-state index < -0.39 is 23.8 Å². The molecule has 0 aliphatic rings. The fraction of sp³-hybridized carbons (Fsp3) is 0.188. The lowest BCUT2D eigenvalue weighted by atomic mass is 10.3. The summed E-state index contributed by atoms with van der Waals surface area (Å²) in [6.07, 6.45) is 0.585. The van der Waals surface area contributed by atoms with Gasteiger partial charge in [0, 0.05) is 4.47 Å². The molecule has 2 aromatic rings. The molecule has 2 rings (SSSR count). The lowest BCUT2D eigenvalue weighted by molar-refractivity contribution is -0.141. The van der Waals surface area contributed by atoms with Crippen molar-refractivity contribution in [1.29, 1.82) is 0 Å². The number of nitrogens with one attached hydrogen (secondary N) is 3. The average molecular weight is 410 g/mol. The molecule has 8 nitrogen and oxygen atoms in total. The fourth-order valence-electron chi connectivity index (χ4n) is 1.71. The van der Waals surface area contributed by atoms with Gasteiger partial charge >= 0.3 is 11.8 Å². The summed E-state index contributed by atoms with van der Waals surface area (Å²) in [6, 6.07) is 10.2. The zero-order valence-corrected chi connectivity index (χ0v) is 14.8. The molecule has 1 aromatic heterocycles. The summed E-state index contributed by atoms with van der Waals surface area (Å²) in [4.78, 5) is 35.1. The lowest BCUT2D eigenvalue weighted by Gasteiger charge is -2.15. The number of hydrogen-bond acceptors (Lipinski definition) is 5. The van der Waals surface area contributed by atoms with Crippen molar-refractivity contribution in [3.8, 4) is 5.75 Å². The molecule has 0 radical (unpaired) electrons. The Morgan fingerprint density at radius 1 is 1.12 bits per heavy atom. The van der Waals surface area contributed by atoms with E-state index >= 15 is 0 Å². The first-order valence-electron chi connectivity index (χ1n) is 7.28. The number of carbonyl (C=O) groups is 3. The van der Waals surface area contributed by atoms with E-state index in [0.717, 1.165) is 4.47 Å². The number of benzene rings is 1. The summed E-state index contributed by atoms with van der Waals surface area (Å²) in [6.45, 7) is 1.58. The molecule has 0 unspecified atom stereocenters. The van der Waals surface area contributed by atoms with Crippen molar-refractivity contribution in [2.75, 3.05) is 0 Å². The Labute approximate surface area is 152 Å². The van der Waals surface area contributed by atoms with Crippen molar-refractivity contribution in [3.05, 3.63) is 52.9 Å². The number of furan rings is 1. The summed E-state index contributed by atoms with van der Waals surface area (Å²) in [7, 11) is 0. The van der Waals surface area contributed by atoms with Gasteiger partial charge in [-0.15, -0.1) is 0 Å². The molecule has 25 heavy (non-hydrogen) atoms. The summed E-state index contributed by atoms with van der Waals surface area (Å²) in [5, 5.41) is 2.35. The second-order valence-corrected chi connectivity index (χ2v) is 5.84. The average Bonchev–Trinajstić information content (AvgIpc) is 3.12. The maximum Gasteiger partial charge on any atom is 0.327 e. The van der Waals surface area contributed by atoms with Crippen LogP contribution in [-0.4, -0.2) is 23.8 Å². The Hall–Kier alpha value is -2.81. The van der Waals surface area contributed by atoms with Gasteiger partial charge in [-0.05, 0) is 43.3 Å². The van der Waals surface area contributed by atoms with Crippen molar-refractivity contribution in [2.45, 2.75) is 19.6 Å². The van der Waals surface area contributed by atoms with Gasteiger partial charge in [-0.3, -0.25) is 25.2 Å². The molecule has 1 aromatic carbocycles. The summed E-state index contributed by atoms with van der Waals surface area (Å²) in [5.74, 6) is -1.51. The van der Waals surface area contributed by atoms with Gasteiger partial charge in [0.1, 0.15) is 11.5 Å². The first kappa shape index (κ1) is 18.5. The molecule has 0 saturated heterocycles. The van der Waals surface area contributed by atoms with Crippen LogP contribution in [0.4, 0.5) is 0 Å². The minimum atomic E-state index is -1.00. The molecule has 1 heterocycles. The normalized spacial score (nSPS) is 11.3. The predicted octanol–water partition coefficient (Wildman–Crippen LogP) is 1.27. The van der Waals surface area contributed by atoms with E-state index in [4.69, 9.17) is 9.15 Å². The van der Waals surface area contributed by atoms with Gasteiger partial charge in [0.25, 0.3) is 5.91 Å². The summed E-state index contributed by atoms with van der Waals surface area (Å²) < 4.78 is 11.3. The molecule has 9 heteroatoms. The summed E-state index contributed by atoms with van der Waals surface area (Å²) >= 11 is 3.29. The molecule has 0 spiro atoms. The number of hydrazine groups is 1. The zero-order chi connectivity index (χ0) is 18.2. The van der Waals surface area contributed by atoms with E-state index in [0.29, 0.717) is 11.5 Å². The minimum Gasteiger partial charge on any atom is -0.481 e. The van der Waals surface area contributed by atoms with Gasteiger partial charge in [0.15, 0.2) is 6.10 Å². The molecule has 0 fully saturated rings. The van der Waals surface area contributed by atoms with Crippen LogP contribution in [0.5, 0.6) is 5.75 Å². The smallest absolute Gasteiger partial charge is 0.327 e. The highest BCUT2D eigenvalue weighted by atomic mass is 79.9. The molecule has 1 atom stereocenters. The largest absolute Gasteiger partial charge is 0.481 e. The Morgan fingerprint density at radius 2 is 1.84 bits per heavy atom. The maximum absolute atomic E-state index is 11.9. The number of ether oxygens (including phenoxy) is 1. The van der Waals surface area contributed by atoms with Gasteiger partial charge in [-0.2, -0.15) is 0 Å².